The number of hydrogen-bond donors (Lipinski definition) is 0. The van der Waals surface area contributed by atoms with Gasteiger partial charge in [0.1, 0.15) is 5.75 Å². The molecule has 270 valence electrons. The van der Waals surface area contributed by atoms with Crippen molar-refractivity contribution in [1.29, 1.82) is 0 Å². The summed E-state index contributed by atoms with van der Waals surface area (Å²) in [5.74, 6) is 1.53. The minimum Gasteiger partial charge on any atom is -0.497 e. The van der Waals surface area contributed by atoms with Crippen LogP contribution in [0.15, 0.2) is 164 Å². The molecule has 0 saturated carbocycles. The number of hydrogen-bond acceptors (Lipinski definition) is 3. The zero-order chi connectivity index (χ0) is 38.0. The maximum atomic E-state index is 5.51. The van der Waals surface area contributed by atoms with E-state index in [9.17, 15) is 0 Å². The molecule has 8 aromatic carbocycles. The van der Waals surface area contributed by atoms with Crippen LogP contribution in [0.3, 0.4) is 0 Å². The first kappa shape index (κ1) is 32.0. The van der Waals surface area contributed by atoms with Gasteiger partial charge in [0.15, 0.2) is 0 Å². The van der Waals surface area contributed by atoms with Gasteiger partial charge in [0.2, 0.25) is 5.95 Å². The third kappa shape index (κ3) is 4.45. The summed E-state index contributed by atoms with van der Waals surface area (Å²) in [4.78, 5) is 10.9. The van der Waals surface area contributed by atoms with E-state index in [0.29, 0.717) is 5.95 Å². The van der Waals surface area contributed by atoms with Crippen LogP contribution in [0.5, 0.6) is 5.75 Å². The summed E-state index contributed by atoms with van der Waals surface area (Å²) in [6, 6.07) is 59.0. The van der Waals surface area contributed by atoms with Crippen molar-refractivity contribution in [3.05, 3.63) is 175 Å². The van der Waals surface area contributed by atoms with Crippen LogP contribution in [0.25, 0.3) is 99.3 Å². The summed E-state index contributed by atoms with van der Waals surface area (Å²) in [6.07, 6.45) is 0. The third-order valence-electron chi connectivity index (χ3n) is 12.4. The van der Waals surface area contributed by atoms with E-state index in [1.54, 1.807) is 7.11 Å². The Balaban J connectivity index is 1.07. The fraction of sp³-hybridized carbons (Fsp3) is 0.0769. The van der Waals surface area contributed by atoms with E-state index in [1.165, 1.54) is 65.6 Å². The molecule has 12 rings (SSSR count). The van der Waals surface area contributed by atoms with Crippen LogP contribution in [0, 0.1) is 0 Å². The van der Waals surface area contributed by atoms with Crippen molar-refractivity contribution in [1.82, 2.24) is 19.1 Å². The second-order valence-electron chi connectivity index (χ2n) is 15.8. The summed E-state index contributed by atoms with van der Waals surface area (Å²) in [5.41, 5.74) is 13.4. The highest BCUT2D eigenvalue weighted by Crippen LogP contribution is 2.50. The van der Waals surface area contributed by atoms with Gasteiger partial charge in [-0.1, -0.05) is 111 Å². The number of fused-ring (bicyclic) bond motifs is 10. The highest BCUT2D eigenvalue weighted by molar-refractivity contribution is 6.14. The number of para-hydroxylation sites is 2. The standard InChI is InChI=1S/C52H36N4O/c1-52(2)42-17-9-6-16-39(42)50-48-43(30-33-12-4-5-13-36(33)49(48)52)53-51(54-50)56-45-19-11-8-15-38(45)41-29-32(21-27-47(41)56)31-20-26-46-40(28-31)37-14-7-10-18-44(37)55(46)34-22-24-35(57-3)25-23-34/h4-30H,1-3H3. The lowest BCUT2D eigenvalue weighted by molar-refractivity contribution is 0.415. The molecule has 0 bridgehead atoms. The molecule has 1 aliphatic rings. The first-order valence-corrected chi connectivity index (χ1v) is 19.5. The minimum atomic E-state index is -0.218. The van der Waals surface area contributed by atoms with Gasteiger partial charge in [-0.3, -0.25) is 4.57 Å². The van der Waals surface area contributed by atoms with Gasteiger partial charge in [0.05, 0.1) is 40.4 Å². The molecule has 5 nitrogen and oxygen atoms in total. The Labute approximate surface area is 329 Å². The van der Waals surface area contributed by atoms with E-state index < -0.39 is 0 Å². The van der Waals surface area contributed by atoms with Gasteiger partial charge in [-0.15, -0.1) is 0 Å². The Bertz CT molecular complexity index is 3480. The van der Waals surface area contributed by atoms with E-state index >= 15 is 0 Å². The molecule has 0 amide bonds. The molecule has 0 atom stereocenters. The lowest BCUT2D eigenvalue weighted by atomic mass is 9.68. The number of rotatable bonds is 4. The summed E-state index contributed by atoms with van der Waals surface area (Å²) < 4.78 is 10.1. The number of ether oxygens (including phenoxy) is 1. The summed E-state index contributed by atoms with van der Waals surface area (Å²) in [7, 11) is 1.70. The summed E-state index contributed by atoms with van der Waals surface area (Å²) in [5, 5.41) is 8.38. The number of benzene rings is 8. The van der Waals surface area contributed by atoms with Crippen molar-refractivity contribution in [2.24, 2.45) is 0 Å². The van der Waals surface area contributed by atoms with Crippen molar-refractivity contribution in [2.45, 2.75) is 19.3 Å². The summed E-state index contributed by atoms with van der Waals surface area (Å²) in [6.45, 7) is 4.68. The minimum absolute atomic E-state index is 0.218. The van der Waals surface area contributed by atoms with E-state index in [4.69, 9.17) is 14.7 Å². The lowest BCUT2D eigenvalue weighted by Crippen LogP contribution is -2.25. The number of nitrogens with zero attached hydrogens (tertiary/aromatic N) is 4. The zero-order valence-corrected chi connectivity index (χ0v) is 31.8. The quantitative estimate of drug-likeness (QED) is 0.169. The van der Waals surface area contributed by atoms with Crippen LogP contribution in [-0.2, 0) is 5.41 Å². The molecule has 0 aliphatic heterocycles. The van der Waals surface area contributed by atoms with Gasteiger partial charge < -0.3 is 9.30 Å². The monoisotopic (exact) mass is 732 g/mol. The second kappa shape index (κ2) is 11.6. The molecule has 3 heterocycles. The predicted molar refractivity (Wildman–Crippen MR) is 235 cm³/mol. The first-order valence-electron chi connectivity index (χ1n) is 19.5. The molecule has 0 fully saturated rings. The Kier molecular flexibility index (Phi) is 6.54. The van der Waals surface area contributed by atoms with Gasteiger partial charge in [-0.25, -0.2) is 9.97 Å². The van der Waals surface area contributed by atoms with Crippen LogP contribution in [0.4, 0.5) is 0 Å². The van der Waals surface area contributed by atoms with Gasteiger partial charge in [0.25, 0.3) is 0 Å². The average molecular weight is 733 g/mol. The van der Waals surface area contributed by atoms with Crippen molar-refractivity contribution in [3.8, 4) is 39.8 Å². The van der Waals surface area contributed by atoms with Crippen molar-refractivity contribution >= 4 is 65.3 Å². The van der Waals surface area contributed by atoms with Gasteiger partial charge in [-0.05, 0) is 99.8 Å². The third-order valence-corrected chi connectivity index (χ3v) is 12.4. The lowest BCUT2D eigenvalue weighted by Gasteiger charge is -2.35. The first-order chi connectivity index (χ1) is 28.0. The molecule has 11 aromatic rings. The van der Waals surface area contributed by atoms with Gasteiger partial charge in [-0.2, -0.15) is 0 Å². The number of methoxy groups -OCH3 is 1. The molecule has 5 heteroatoms. The normalized spacial score (nSPS) is 13.3. The van der Waals surface area contributed by atoms with E-state index in [2.05, 4.69) is 175 Å². The molecular weight excluding hydrogens is 697 g/mol. The molecule has 0 saturated heterocycles. The van der Waals surface area contributed by atoms with Crippen LogP contribution in [0.1, 0.15) is 25.0 Å². The van der Waals surface area contributed by atoms with Crippen LogP contribution in [-0.4, -0.2) is 26.2 Å². The molecule has 57 heavy (non-hydrogen) atoms. The maximum absolute atomic E-state index is 5.51. The van der Waals surface area contributed by atoms with Crippen LogP contribution < -0.4 is 4.74 Å². The second-order valence-corrected chi connectivity index (χ2v) is 15.8. The molecule has 0 N–H and O–H groups in total. The van der Waals surface area contributed by atoms with Gasteiger partial charge >= 0.3 is 0 Å². The molecule has 0 unspecified atom stereocenters. The Morgan fingerprint density at radius 2 is 1.09 bits per heavy atom. The van der Waals surface area contributed by atoms with Crippen molar-refractivity contribution in [3.63, 3.8) is 0 Å². The molecule has 3 aromatic heterocycles. The largest absolute Gasteiger partial charge is 0.497 e. The fourth-order valence-electron chi connectivity index (χ4n) is 9.79. The Hall–Kier alpha value is -7.24. The van der Waals surface area contributed by atoms with E-state index in [-0.39, 0.29) is 5.41 Å². The Morgan fingerprint density at radius 1 is 0.509 bits per heavy atom. The number of aromatic nitrogens is 4. The zero-order valence-electron chi connectivity index (χ0n) is 31.8. The molecular formula is C52H36N4O. The van der Waals surface area contributed by atoms with Crippen LogP contribution >= 0.6 is 0 Å². The predicted octanol–water partition coefficient (Wildman–Crippen LogP) is 13.0. The molecule has 1 aliphatic carbocycles. The van der Waals surface area contributed by atoms with E-state index in [0.717, 1.165) is 44.6 Å². The van der Waals surface area contributed by atoms with Gasteiger partial charge in [0, 0.05) is 43.6 Å². The average Bonchev–Trinajstić information content (AvgIpc) is 3.77. The fourth-order valence-corrected chi connectivity index (χ4v) is 9.79. The SMILES string of the molecule is COc1ccc(-n2c3ccccc3c3cc(-c4ccc5c(c4)c4ccccc4n5-c4nc5c6c(c7ccccc7cc6n4)C(C)(C)c4ccccc4-5)ccc32)cc1. The Morgan fingerprint density at radius 3 is 1.79 bits per heavy atom. The van der Waals surface area contributed by atoms with Crippen molar-refractivity contribution < 1.29 is 4.74 Å². The maximum Gasteiger partial charge on any atom is 0.235 e. The molecule has 0 radical (unpaired) electrons. The van der Waals surface area contributed by atoms with E-state index in [1.807, 2.05) is 12.1 Å². The van der Waals surface area contributed by atoms with Crippen molar-refractivity contribution in [2.75, 3.05) is 7.11 Å². The highest BCUT2D eigenvalue weighted by Gasteiger charge is 2.36. The smallest absolute Gasteiger partial charge is 0.235 e. The highest BCUT2D eigenvalue weighted by atomic mass is 16.5. The topological polar surface area (TPSA) is 44.9 Å². The molecule has 0 spiro atoms. The van der Waals surface area contributed by atoms with Crippen LogP contribution in [0.2, 0.25) is 0 Å². The summed E-state index contributed by atoms with van der Waals surface area (Å²) >= 11 is 0.